The van der Waals surface area contributed by atoms with Crippen LogP contribution in [0.25, 0.3) is 16.9 Å². The van der Waals surface area contributed by atoms with Crippen molar-refractivity contribution in [3.05, 3.63) is 59.3 Å². The maximum Gasteiger partial charge on any atom is 0.330 e. The van der Waals surface area contributed by atoms with Gasteiger partial charge in [-0.1, -0.05) is 19.9 Å². The molecule has 5 N–H and O–H groups in total. The van der Waals surface area contributed by atoms with Crippen LogP contribution in [0.3, 0.4) is 0 Å². The standard InChI is InChI=1S/C56H84N8O11/c1-38(2)44-36-41(54(68)63(24-12-22-62(4)5)23-9-20-58-50(65)17-18-51(66)59-21-11-26-74-28-30-75-29-27-73-25-10-19-57-3)15-16-46(44)64-47(52-48(71-6)13-8-14-49(52)72-7)37-45(61-64)53(67)60-56(55(69)70)42-32-39-31-40(34-42)35-43(56)33-39/h8,13-16,36-40,42-43,57H,9-12,17-35H2,1-7H3,(H,58,65)(H,59,66)(H,60,67)(H,69,70). The second kappa shape index (κ2) is 29.1. The smallest absolute Gasteiger partial charge is 0.330 e. The summed E-state index contributed by atoms with van der Waals surface area (Å²) in [5, 5.41) is 27.7. The Kier molecular flexibility index (Phi) is 22.7. The molecule has 4 aliphatic carbocycles. The van der Waals surface area contributed by atoms with Crippen molar-refractivity contribution in [2.24, 2.45) is 23.7 Å². The molecule has 2 aromatic carbocycles. The van der Waals surface area contributed by atoms with Gasteiger partial charge in [0, 0.05) is 57.8 Å². The number of hydrogen-bond acceptors (Lipinski definition) is 13. The molecule has 0 aliphatic heterocycles. The van der Waals surface area contributed by atoms with E-state index in [2.05, 4.69) is 26.2 Å². The van der Waals surface area contributed by atoms with Crippen molar-refractivity contribution in [1.82, 2.24) is 40.8 Å². The predicted octanol–water partition coefficient (Wildman–Crippen LogP) is 5.54. The molecule has 4 aliphatic rings. The molecule has 414 valence electrons. The lowest BCUT2D eigenvalue weighted by Crippen LogP contribution is -2.70. The van der Waals surface area contributed by atoms with Gasteiger partial charge in [-0.3, -0.25) is 19.2 Å². The van der Waals surface area contributed by atoms with Crippen LogP contribution >= 0.6 is 0 Å². The van der Waals surface area contributed by atoms with Crippen molar-refractivity contribution in [2.45, 2.75) is 95.9 Å². The van der Waals surface area contributed by atoms with Crippen molar-refractivity contribution < 1.29 is 52.8 Å². The van der Waals surface area contributed by atoms with Crippen LogP contribution in [0.4, 0.5) is 0 Å². The number of rotatable bonds is 34. The van der Waals surface area contributed by atoms with Crippen LogP contribution in [0, 0.1) is 23.7 Å². The zero-order chi connectivity index (χ0) is 53.9. The Morgan fingerprint density at radius 1 is 0.733 bits per heavy atom. The highest BCUT2D eigenvalue weighted by atomic mass is 16.5. The number of nitrogens with one attached hydrogen (secondary N) is 4. The minimum absolute atomic E-state index is 0.0491. The summed E-state index contributed by atoms with van der Waals surface area (Å²) in [6, 6.07) is 12.6. The molecule has 4 amide bonds. The van der Waals surface area contributed by atoms with Crippen LogP contribution in [0.5, 0.6) is 11.5 Å². The summed E-state index contributed by atoms with van der Waals surface area (Å²) in [5.74, 6) is -0.606. The second-order valence-corrected chi connectivity index (χ2v) is 20.9. The molecular formula is C56H84N8O11. The van der Waals surface area contributed by atoms with Crippen molar-refractivity contribution in [1.29, 1.82) is 0 Å². The van der Waals surface area contributed by atoms with E-state index in [1.165, 1.54) is 0 Å². The Morgan fingerprint density at radius 2 is 1.29 bits per heavy atom. The monoisotopic (exact) mass is 1040 g/mol. The molecule has 0 radical (unpaired) electrons. The van der Waals surface area contributed by atoms with Gasteiger partial charge in [-0.25, -0.2) is 9.48 Å². The summed E-state index contributed by atoms with van der Waals surface area (Å²) >= 11 is 0. The zero-order valence-electron chi connectivity index (χ0n) is 45.5. The molecule has 7 rings (SSSR count). The zero-order valence-corrected chi connectivity index (χ0v) is 45.5. The number of methoxy groups -OCH3 is 2. The summed E-state index contributed by atoms with van der Waals surface area (Å²) in [7, 11) is 9.00. The van der Waals surface area contributed by atoms with Gasteiger partial charge in [-0.2, -0.15) is 5.10 Å². The fourth-order valence-electron chi connectivity index (χ4n) is 11.4. The first kappa shape index (κ1) is 58.7. The summed E-state index contributed by atoms with van der Waals surface area (Å²) in [6.07, 6.45) is 7.25. The lowest BCUT2D eigenvalue weighted by Gasteiger charge is -2.59. The predicted molar refractivity (Wildman–Crippen MR) is 286 cm³/mol. The average Bonchev–Trinajstić information content (AvgIpc) is 3.85. The quantitative estimate of drug-likeness (QED) is 0.0464. The summed E-state index contributed by atoms with van der Waals surface area (Å²) in [5.41, 5.74) is 1.61. The van der Waals surface area contributed by atoms with Crippen molar-refractivity contribution in [2.75, 3.05) is 114 Å². The number of nitrogens with zero attached hydrogens (tertiary/aromatic N) is 4. The minimum Gasteiger partial charge on any atom is -0.496 e. The molecular weight excluding hydrogens is 961 g/mol. The Balaban J connectivity index is 1.08. The molecule has 19 nitrogen and oxygen atoms in total. The largest absolute Gasteiger partial charge is 0.496 e. The third kappa shape index (κ3) is 15.7. The van der Waals surface area contributed by atoms with Gasteiger partial charge < -0.3 is 59.9 Å². The summed E-state index contributed by atoms with van der Waals surface area (Å²) < 4.78 is 30.0. The van der Waals surface area contributed by atoms with E-state index in [1.54, 1.807) is 43.2 Å². The van der Waals surface area contributed by atoms with Gasteiger partial charge in [0.05, 0.1) is 57.6 Å². The van der Waals surface area contributed by atoms with Gasteiger partial charge in [0.15, 0.2) is 5.69 Å². The summed E-state index contributed by atoms with van der Waals surface area (Å²) in [6.45, 7) is 10.6. The molecule has 0 unspecified atom stereocenters. The van der Waals surface area contributed by atoms with Crippen LogP contribution in [-0.2, 0) is 28.6 Å². The van der Waals surface area contributed by atoms with Crippen LogP contribution in [0.2, 0.25) is 0 Å². The first-order valence-corrected chi connectivity index (χ1v) is 27.1. The number of aromatic nitrogens is 2. The van der Waals surface area contributed by atoms with E-state index in [4.69, 9.17) is 28.8 Å². The minimum atomic E-state index is -1.37. The number of benzene rings is 2. The van der Waals surface area contributed by atoms with Gasteiger partial charge in [0.25, 0.3) is 11.8 Å². The number of amides is 4. The van der Waals surface area contributed by atoms with Gasteiger partial charge in [-0.15, -0.1) is 0 Å². The van der Waals surface area contributed by atoms with E-state index < -0.39 is 17.4 Å². The van der Waals surface area contributed by atoms with E-state index >= 15 is 0 Å². The van der Waals surface area contributed by atoms with E-state index in [-0.39, 0.29) is 54.0 Å². The normalized spacial score (nSPS) is 19.6. The van der Waals surface area contributed by atoms with Crippen LogP contribution in [0.15, 0.2) is 42.5 Å². The fraction of sp³-hybridized carbons (Fsp3) is 0.643. The molecule has 0 atom stereocenters. The maximum atomic E-state index is 14.6. The van der Waals surface area contributed by atoms with E-state index in [0.717, 1.165) is 63.6 Å². The maximum absolute atomic E-state index is 14.6. The molecule has 0 saturated heterocycles. The van der Waals surface area contributed by atoms with Gasteiger partial charge >= 0.3 is 5.97 Å². The highest BCUT2D eigenvalue weighted by Crippen LogP contribution is 2.58. The average molecular weight is 1050 g/mol. The third-order valence-corrected chi connectivity index (χ3v) is 14.9. The SMILES string of the molecule is CNCCCOCCOCCOCCCNC(=O)CCC(=O)NCCCN(CCCN(C)C)C(=O)c1ccc(-n2nc(C(=O)NC3(C(=O)O)C4CC5CC(C4)CC3C5)cc2-c2c(OC)cccc2OC)c(C(C)C)c1. The van der Waals surface area contributed by atoms with Gasteiger partial charge in [-0.05, 0) is 164 Å². The van der Waals surface area contributed by atoms with Crippen molar-refractivity contribution in [3.8, 4) is 28.4 Å². The van der Waals surface area contributed by atoms with Crippen LogP contribution in [0.1, 0.15) is 117 Å². The Morgan fingerprint density at radius 3 is 1.84 bits per heavy atom. The van der Waals surface area contributed by atoms with Crippen molar-refractivity contribution in [3.63, 3.8) is 0 Å². The second-order valence-electron chi connectivity index (χ2n) is 20.9. The number of aliphatic carboxylic acids is 1. The molecule has 1 heterocycles. The van der Waals surface area contributed by atoms with E-state index in [1.807, 2.05) is 58.1 Å². The first-order chi connectivity index (χ1) is 36.2. The van der Waals surface area contributed by atoms with Crippen molar-refractivity contribution >= 4 is 29.6 Å². The molecule has 4 bridgehead atoms. The van der Waals surface area contributed by atoms with E-state index in [9.17, 15) is 29.1 Å². The Hall–Kier alpha value is -5.60. The van der Waals surface area contributed by atoms with Gasteiger partial charge in [0.1, 0.15) is 17.0 Å². The highest BCUT2D eigenvalue weighted by Gasteiger charge is 2.62. The van der Waals surface area contributed by atoms with E-state index in [0.29, 0.717) is 125 Å². The first-order valence-electron chi connectivity index (χ1n) is 27.1. The third-order valence-electron chi connectivity index (χ3n) is 14.9. The topological polar surface area (TPSA) is 224 Å². The molecule has 3 aromatic rings. The number of ether oxygens (including phenoxy) is 5. The molecule has 19 heteroatoms. The lowest BCUT2D eigenvalue weighted by molar-refractivity contribution is -0.163. The number of carbonyl (C=O) groups excluding carboxylic acids is 4. The summed E-state index contributed by atoms with van der Waals surface area (Å²) in [4.78, 5) is 71.5. The number of carboxylic acids is 1. The van der Waals surface area contributed by atoms with Crippen LogP contribution < -0.4 is 30.7 Å². The fourth-order valence-corrected chi connectivity index (χ4v) is 11.4. The number of carboxylic acid groups (broad SMARTS) is 1. The highest BCUT2D eigenvalue weighted by molar-refractivity contribution is 5.98. The number of carbonyl (C=O) groups is 5. The molecule has 4 saturated carbocycles. The molecule has 4 fully saturated rings. The van der Waals surface area contributed by atoms with Gasteiger partial charge in [0.2, 0.25) is 11.8 Å². The molecule has 75 heavy (non-hydrogen) atoms. The molecule has 0 spiro atoms. The van der Waals surface area contributed by atoms with Crippen LogP contribution in [-0.4, -0.2) is 174 Å². The molecule has 1 aromatic heterocycles. The Labute approximate surface area is 443 Å². The lowest BCUT2D eigenvalue weighted by atomic mass is 9.48. The number of hydrogen-bond donors (Lipinski definition) is 5. The Bertz CT molecular complexity index is 2300.